The summed E-state index contributed by atoms with van der Waals surface area (Å²) in [5, 5.41) is 14.8. The summed E-state index contributed by atoms with van der Waals surface area (Å²) in [5.41, 5.74) is 0. The van der Waals surface area contributed by atoms with E-state index in [-0.39, 0.29) is 17.9 Å². The minimum atomic E-state index is -0.876. The van der Waals surface area contributed by atoms with Crippen molar-refractivity contribution in [3.63, 3.8) is 0 Å². The molecule has 0 spiro atoms. The number of benzene rings is 1. The third kappa shape index (κ3) is 4.38. The highest BCUT2D eigenvalue weighted by atomic mass is 32.2. The first-order valence-electron chi connectivity index (χ1n) is 7.00. The molecular weight excluding hydrogens is 304 g/mol. The van der Waals surface area contributed by atoms with E-state index in [0.717, 1.165) is 0 Å². The number of carboxylic acids is 1. The fraction of sp³-hybridized carbons (Fsp3) is 0.467. The van der Waals surface area contributed by atoms with Gasteiger partial charge in [0.2, 0.25) is 0 Å². The Morgan fingerprint density at radius 1 is 1.36 bits per heavy atom. The van der Waals surface area contributed by atoms with Crippen molar-refractivity contribution in [2.24, 2.45) is 0 Å². The molecule has 120 valence electrons. The van der Waals surface area contributed by atoms with Gasteiger partial charge in [0.1, 0.15) is 11.8 Å². The van der Waals surface area contributed by atoms with Crippen LogP contribution in [0.1, 0.15) is 13.8 Å². The molecule has 6 nitrogen and oxygen atoms in total. The predicted molar refractivity (Wildman–Crippen MR) is 85.0 cm³/mol. The third-order valence-electron chi connectivity index (χ3n) is 3.34. The molecule has 1 saturated heterocycles. The molecule has 3 N–H and O–H groups in total. The molecule has 1 aromatic carbocycles. The summed E-state index contributed by atoms with van der Waals surface area (Å²) < 4.78 is 4.93. The first-order valence-corrected chi connectivity index (χ1v) is 7.87. The quantitative estimate of drug-likeness (QED) is 0.726. The molecule has 0 radical (unpaired) electrons. The van der Waals surface area contributed by atoms with Gasteiger partial charge in [-0.3, -0.25) is 14.9 Å². The lowest BCUT2D eigenvalue weighted by Gasteiger charge is -2.20. The second-order valence-electron chi connectivity index (χ2n) is 5.55. The molecule has 0 aromatic heterocycles. The van der Waals surface area contributed by atoms with Crippen LogP contribution in [0.15, 0.2) is 30.3 Å². The van der Waals surface area contributed by atoms with Gasteiger partial charge >= 0.3 is 5.97 Å². The molecule has 2 rings (SSSR count). The Morgan fingerprint density at radius 2 is 2.05 bits per heavy atom. The second kappa shape index (κ2) is 7.02. The van der Waals surface area contributed by atoms with E-state index in [2.05, 4.69) is 10.6 Å². The number of ether oxygens (including phenoxy) is 1. The van der Waals surface area contributed by atoms with Gasteiger partial charge in [0.25, 0.3) is 5.91 Å². The topological polar surface area (TPSA) is 87.7 Å². The van der Waals surface area contributed by atoms with Gasteiger partial charge in [-0.05, 0) is 26.0 Å². The highest BCUT2D eigenvalue weighted by molar-refractivity contribution is 8.01. The number of hydrogen-bond acceptors (Lipinski definition) is 5. The van der Waals surface area contributed by atoms with Gasteiger partial charge in [-0.1, -0.05) is 18.2 Å². The summed E-state index contributed by atoms with van der Waals surface area (Å²) >= 11 is 1.51. The van der Waals surface area contributed by atoms with Crippen LogP contribution >= 0.6 is 11.8 Å². The van der Waals surface area contributed by atoms with E-state index in [0.29, 0.717) is 12.3 Å². The van der Waals surface area contributed by atoms with Gasteiger partial charge in [0.15, 0.2) is 6.61 Å². The summed E-state index contributed by atoms with van der Waals surface area (Å²) in [7, 11) is 0. The molecule has 22 heavy (non-hydrogen) atoms. The zero-order chi connectivity index (χ0) is 16.2. The third-order valence-corrected chi connectivity index (χ3v) is 4.77. The number of amides is 1. The van der Waals surface area contributed by atoms with Crippen LogP contribution in [0.25, 0.3) is 0 Å². The molecule has 0 bridgehead atoms. The monoisotopic (exact) mass is 324 g/mol. The average Bonchev–Trinajstić information content (AvgIpc) is 2.79. The number of aliphatic carboxylic acids is 1. The fourth-order valence-corrected chi connectivity index (χ4v) is 3.66. The maximum atomic E-state index is 11.8. The maximum absolute atomic E-state index is 11.8. The number of hydrogen-bond donors (Lipinski definition) is 3. The van der Waals surface area contributed by atoms with Crippen LogP contribution in [0, 0.1) is 0 Å². The van der Waals surface area contributed by atoms with Crippen LogP contribution in [0.3, 0.4) is 0 Å². The van der Waals surface area contributed by atoms with Crippen LogP contribution < -0.4 is 15.4 Å². The maximum Gasteiger partial charge on any atom is 0.322 e. The van der Waals surface area contributed by atoms with Crippen molar-refractivity contribution in [1.29, 1.82) is 0 Å². The van der Waals surface area contributed by atoms with Gasteiger partial charge in [-0.2, -0.15) is 0 Å². The van der Waals surface area contributed by atoms with Crippen molar-refractivity contribution in [2.75, 3.05) is 13.2 Å². The highest BCUT2D eigenvalue weighted by Crippen LogP contribution is 2.37. The lowest BCUT2D eigenvalue weighted by Crippen LogP contribution is -2.46. The SMILES string of the molecule is CC1(C)S[C@H](CNC(=O)COc2ccccc2)N[C@H]1C(=O)O. The number of carbonyl (C=O) groups excluding carboxylic acids is 1. The lowest BCUT2D eigenvalue weighted by atomic mass is 10.0. The van der Waals surface area contributed by atoms with E-state index in [4.69, 9.17) is 4.74 Å². The van der Waals surface area contributed by atoms with E-state index in [1.165, 1.54) is 11.8 Å². The largest absolute Gasteiger partial charge is 0.484 e. The first-order chi connectivity index (χ1) is 10.4. The van der Waals surface area contributed by atoms with Crippen LogP contribution in [0.5, 0.6) is 5.75 Å². The first kappa shape index (κ1) is 16.6. The van der Waals surface area contributed by atoms with E-state index in [1.54, 1.807) is 12.1 Å². The zero-order valence-corrected chi connectivity index (χ0v) is 13.4. The number of carbonyl (C=O) groups is 2. The summed E-state index contributed by atoms with van der Waals surface area (Å²) in [6.45, 7) is 4.05. The Morgan fingerprint density at radius 3 is 2.64 bits per heavy atom. The Balaban J connectivity index is 1.74. The number of nitrogens with one attached hydrogen (secondary N) is 2. The van der Waals surface area contributed by atoms with Gasteiger partial charge in [0, 0.05) is 11.3 Å². The van der Waals surface area contributed by atoms with E-state index in [9.17, 15) is 14.7 Å². The Hall–Kier alpha value is -1.73. The summed E-state index contributed by atoms with van der Waals surface area (Å²) in [6, 6.07) is 8.47. The van der Waals surface area contributed by atoms with E-state index < -0.39 is 16.8 Å². The predicted octanol–water partition coefficient (Wildman–Crippen LogP) is 1.08. The molecule has 1 aliphatic heterocycles. The molecular formula is C15H20N2O4S. The number of thioether (sulfide) groups is 1. The fourth-order valence-electron chi connectivity index (χ4n) is 2.25. The minimum Gasteiger partial charge on any atom is -0.484 e. The molecule has 1 fully saturated rings. The van der Waals surface area contributed by atoms with Gasteiger partial charge < -0.3 is 15.2 Å². The lowest BCUT2D eigenvalue weighted by molar-refractivity contribution is -0.139. The van der Waals surface area contributed by atoms with Crippen molar-refractivity contribution < 1.29 is 19.4 Å². The minimum absolute atomic E-state index is 0.0623. The van der Waals surface area contributed by atoms with Crippen LogP contribution in [0.4, 0.5) is 0 Å². The van der Waals surface area contributed by atoms with Gasteiger partial charge in [-0.25, -0.2) is 0 Å². The number of carboxylic acid groups (broad SMARTS) is 1. The second-order valence-corrected chi connectivity index (χ2v) is 7.41. The van der Waals surface area contributed by atoms with Crippen LogP contribution in [0.2, 0.25) is 0 Å². The molecule has 1 heterocycles. The zero-order valence-electron chi connectivity index (χ0n) is 12.5. The van der Waals surface area contributed by atoms with Crippen LogP contribution in [-0.4, -0.2) is 46.3 Å². The van der Waals surface area contributed by atoms with Crippen molar-refractivity contribution in [2.45, 2.75) is 30.0 Å². The summed E-state index contributed by atoms with van der Waals surface area (Å²) in [4.78, 5) is 22.9. The number of para-hydroxylation sites is 1. The Kier molecular flexibility index (Phi) is 5.31. The number of rotatable bonds is 6. The van der Waals surface area contributed by atoms with Crippen LogP contribution in [-0.2, 0) is 9.59 Å². The van der Waals surface area contributed by atoms with Crippen molar-refractivity contribution in [1.82, 2.24) is 10.6 Å². The van der Waals surface area contributed by atoms with E-state index >= 15 is 0 Å². The average molecular weight is 324 g/mol. The summed E-state index contributed by atoms with van der Waals surface area (Å²) in [5.74, 6) is -0.473. The normalized spacial score (nSPS) is 23.0. The Labute approximate surface area is 133 Å². The van der Waals surface area contributed by atoms with Crippen molar-refractivity contribution in [3.8, 4) is 5.75 Å². The van der Waals surface area contributed by atoms with Crippen molar-refractivity contribution >= 4 is 23.6 Å². The molecule has 0 aliphatic carbocycles. The smallest absolute Gasteiger partial charge is 0.322 e. The van der Waals surface area contributed by atoms with Gasteiger partial charge in [-0.15, -0.1) is 11.8 Å². The molecule has 1 aliphatic rings. The Bertz CT molecular complexity index is 536. The molecule has 7 heteroatoms. The molecule has 2 atom stereocenters. The van der Waals surface area contributed by atoms with Gasteiger partial charge in [0.05, 0.1) is 5.37 Å². The molecule has 1 amide bonds. The highest BCUT2D eigenvalue weighted by Gasteiger charge is 2.45. The van der Waals surface area contributed by atoms with Crippen molar-refractivity contribution in [3.05, 3.63) is 30.3 Å². The molecule has 0 saturated carbocycles. The van der Waals surface area contributed by atoms with E-state index in [1.807, 2.05) is 32.0 Å². The standard InChI is InChI=1S/C15H20N2O4S/c1-15(2)13(14(19)20)17-12(22-15)8-16-11(18)9-21-10-6-4-3-5-7-10/h3-7,12-13,17H,8-9H2,1-2H3,(H,16,18)(H,19,20)/t12-,13+/m1/s1. The molecule has 1 aromatic rings. The molecule has 0 unspecified atom stereocenters. The summed E-state index contributed by atoms with van der Waals surface area (Å²) in [6.07, 6.45) is 0.